The fourth-order valence-electron chi connectivity index (χ4n) is 2.64. The van der Waals surface area contributed by atoms with Crippen LogP contribution in [-0.4, -0.2) is 30.1 Å². The molecule has 5 aromatic rings. The normalized spacial score (nSPS) is 11.7. The molecule has 0 saturated heterocycles. The van der Waals surface area contributed by atoms with E-state index in [-0.39, 0.29) is 0 Å². The van der Waals surface area contributed by atoms with Crippen LogP contribution in [0.15, 0.2) is 51.8 Å². The molecule has 4 heterocycles. The number of fused-ring (bicyclic) bond motifs is 2. The number of hydrogen-bond donors (Lipinski definition) is 1. The minimum absolute atomic E-state index is 0.524. The van der Waals surface area contributed by atoms with Gasteiger partial charge < -0.3 is 9.40 Å². The second-order valence-corrected chi connectivity index (χ2v) is 5.14. The van der Waals surface area contributed by atoms with E-state index in [9.17, 15) is 0 Å². The van der Waals surface area contributed by atoms with Crippen molar-refractivity contribution >= 4 is 22.2 Å². The average Bonchev–Trinajstić information content (AvgIpc) is 3.33. The second kappa shape index (κ2) is 4.54. The van der Waals surface area contributed by atoms with E-state index in [0.717, 1.165) is 22.5 Å². The molecule has 0 atom stereocenters. The van der Waals surface area contributed by atoms with Crippen LogP contribution in [0, 0.1) is 0 Å². The summed E-state index contributed by atoms with van der Waals surface area (Å²) < 4.78 is 12.0. The van der Waals surface area contributed by atoms with E-state index in [4.69, 9.17) is 9.05 Å². The topological polar surface area (TPSA) is 98.6 Å². The number of rotatable bonds is 3. The standard InChI is InChI=1S/C15H10N6O2/c1-4-10(13-11(5-1)19-23-20-13)14-17-12-7-16-21(15(12)18-14)8-9-3-2-6-22-9/h1-7H,8H2,(H,17,18). The van der Waals surface area contributed by atoms with Gasteiger partial charge in [-0.2, -0.15) is 5.10 Å². The van der Waals surface area contributed by atoms with Gasteiger partial charge in [-0.05, 0) is 34.6 Å². The summed E-state index contributed by atoms with van der Waals surface area (Å²) in [6.45, 7) is 0.524. The van der Waals surface area contributed by atoms with Gasteiger partial charge in [0.15, 0.2) is 5.65 Å². The molecule has 8 heteroatoms. The van der Waals surface area contributed by atoms with E-state index >= 15 is 0 Å². The SMILES string of the molecule is c1coc(Cn2ncc3[nH]c(-c4cccc5nonc45)nc32)c1. The summed E-state index contributed by atoms with van der Waals surface area (Å²) in [5.74, 6) is 1.52. The van der Waals surface area contributed by atoms with Gasteiger partial charge in [0.05, 0.1) is 12.5 Å². The number of benzene rings is 1. The van der Waals surface area contributed by atoms with Crippen molar-refractivity contribution in [1.29, 1.82) is 0 Å². The highest BCUT2D eigenvalue weighted by atomic mass is 16.6. The van der Waals surface area contributed by atoms with Gasteiger partial charge in [-0.1, -0.05) is 6.07 Å². The van der Waals surface area contributed by atoms with Gasteiger partial charge in [0.25, 0.3) is 0 Å². The van der Waals surface area contributed by atoms with Crippen molar-refractivity contribution in [3.05, 3.63) is 48.6 Å². The molecule has 0 bridgehead atoms. The molecule has 23 heavy (non-hydrogen) atoms. The highest BCUT2D eigenvalue weighted by molar-refractivity contribution is 5.90. The van der Waals surface area contributed by atoms with Crippen molar-refractivity contribution in [3.63, 3.8) is 0 Å². The number of nitrogens with one attached hydrogen (secondary N) is 1. The maximum absolute atomic E-state index is 5.36. The number of hydrogen-bond acceptors (Lipinski definition) is 6. The quantitative estimate of drug-likeness (QED) is 0.550. The summed E-state index contributed by atoms with van der Waals surface area (Å²) >= 11 is 0. The Morgan fingerprint density at radius 3 is 3.04 bits per heavy atom. The molecule has 1 aromatic carbocycles. The molecular weight excluding hydrogens is 296 g/mol. The third kappa shape index (κ3) is 1.85. The third-order valence-electron chi connectivity index (χ3n) is 3.71. The van der Waals surface area contributed by atoms with Crippen molar-refractivity contribution in [2.45, 2.75) is 6.54 Å². The molecule has 0 radical (unpaired) electrons. The lowest BCUT2D eigenvalue weighted by atomic mass is 10.2. The Hall–Kier alpha value is -3.42. The Kier molecular flexibility index (Phi) is 2.40. The summed E-state index contributed by atoms with van der Waals surface area (Å²) in [6.07, 6.45) is 3.39. The molecule has 0 aliphatic rings. The molecule has 0 aliphatic heterocycles. The molecule has 0 aliphatic carbocycles. The maximum atomic E-state index is 5.36. The van der Waals surface area contributed by atoms with Gasteiger partial charge in [0.1, 0.15) is 34.7 Å². The second-order valence-electron chi connectivity index (χ2n) is 5.14. The van der Waals surface area contributed by atoms with E-state index < -0.39 is 0 Å². The van der Waals surface area contributed by atoms with Crippen molar-refractivity contribution in [2.75, 3.05) is 0 Å². The minimum atomic E-state index is 0.524. The van der Waals surface area contributed by atoms with Crippen LogP contribution in [-0.2, 0) is 6.54 Å². The molecule has 112 valence electrons. The van der Waals surface area contributed by atoms with E-state index in [2.05, 4.69) is 25.4 Å². The Labute approximate surface area is 128 Å². The molecule has 5 rings (SSSR count). The lowest BCUT2D eigenvalue weighted by Gasteiger charge is -1.98. The zero-order chi connectivity index (χ0) is 15.2. The van der Waals surface area contributed by atoms with Crippen LogP contribution in [0.5, 0.6) is 0 Å². The Balaban J connectivity index is 1.63. The molecule has 1 N–H and O–H groups in total. The lowest BCUT2D eigenvalue weighted by Crippen LogP contribution is -2.00. The van der Waals surface area contributed by atoms with Gasteiger partial charge in [0.2, 0.25) is 0 Å². The number of furan rings is 1. The highest BCUT2D eigenvalue weighted by Gasteiger charge is 2.15. The number of imidazole rings is 1. The molecule has 0 unspecified atom stereocenters. The van der Waals surface area contributed by atoms with Crippen LogP contribution in [0.25, 0.3) is 33.6 Å². The highest BCUT2D eigenvalue weighted by Crippen LogP contribution is 2.26. The summed E-state index contributed by atoms with van der Waals surface area (Å²) in [5.41, 5.74) is 3.81. The molecule has 0 amide bonds. The largest absolute Gasteiger partial charge is 0.467 e. The molecule has 0 saturated carbocycles. The van der Waals surface area contributed by atoms with Gasteiger partial charge in [-0.3, -0.25) is 0 Å². The summed E-state index contributed by atoms with van der Waals surface area (Å²) in [6, 6.07) is 9.42. The summed E-state index contributed by atoms with van der Waals surface area (Å²) in [7, 11) is 0. The van der Waals surface area contributed by atoms with E-state index in [1.54, 1.807) is 17.1 Å². The van der Waals surface area contributed by atoms with Gasteiger partial charge in [0, 0.05) is 5.56 Å². The Morgan fingerprint density at radius 1 is 1.13 bits per heavy atom. The van der Waals surface area contributed by atoms with Crippen LogP contribution >= 0.6 is 0 Å². The maximum Gasteiger partial charge on any atom is 0.177 e. The molecule has 0 fully saturated rings. The fraction of sp³-hybridized carbons (Fsp3) is 0.0667. The van der Waals surface area contributed by atoms with Gasteiger partial charge >= 0.3 is 0 Å². The number of aromatic nitrogens is 6. The van der Waals surface area contributed by atoms with Crippen LogP contribution in [0.3, 0.4) is 0 Å². The first-order valence-corrected chi connectivity index (χ1v) is 7.04. The third-order valence-corrected chi connectivity index (χ3v) is 3.71. The first kappa shape index (κ1) is 12.2. The van der Waals surface area contributed by atoms with Gasteiger partial charge in [-0.25, -0.2) is 14.3 Å². The smallest absolute Gasteiger partial charge is 0.177 e. The molecule has 4 aromatic heterocycles. The van der Waals surface area contributed by atoms with Crippen LogP contribution in [0.1, 0.15) is 5.76 Å². The predicted octanol–water partition coefficient (Wildman–Crippen LogP) is 2.60. The number of nitrogens with zero attached hydrogens (tertiary/aromatic N) is 5. The lowest BCUT2D eigenvalue weighted by molar-refractivity contribution is 0.315. The van der Waals surface area contributed by atoms with E-state index in [1.807, 2.05) is 30.3 Å². The summed E-state index contributed by atoms with van der Waals surface area (Å²) in [4.78, 5) is 7.91. The monoisotopic (exact) mass is 306 g/mol. The molecule has 0 spiro atoms. The van der Waals surface area contributed by atoms with Crippen molar-refractivity contribution in [2.24, 2.45) is 0 Å². The average molecular weight is 306 g/mol. The summed E-state index contributed by atoms with van der Waals surface area (Å²) in [5, 5.41) is 12.1. The van der Waals surface area contributed by atoms with Crippen molar-refractivity contribution in [3.8, 4) is 11.4 Å². The fourth-order valence-corrected chi connectivity index (χ4v) is 2.64. The zero-order valence-electron chi connectivity index (χ0n) is 11.8. The van der Waals surface area contributed by atoms with Crippen LogP contribution < -0.4 is 0 Å². The molecular formula is C15H10N6O2. The molecule has 8 nitrogen and oxygen atoms in total. The Morgan fingerprint density at radius 2 is 2.13 bits per heavy atom. The first-order chi connectivity index (χ1) is 11.4. The first-order valence-electron chi connectivity index (χ1n) is 7.04. The van der Waals surface area contributed by atoms with Crippen molar-refractivity contribution in [1.82, 2.24) is 30.1 Å². The number of aromatic amines is 1. The van der Waals surface area contributed by atoms with Gasteiger partial charge in [-0.15, -0.1) is 0 Å². The minimum Gasteiger partial charge on any atom is -0.467 e. The van der Waals surface area contributed by atoms with E-state index in [1.165, 1.54) is 0 Å². The predicted molar refractivity (Wildman–Crippen MR) is 80.5 cm³/mol. The van der Waals surface area contributed by atoms with Crippen LogP contribution in [0.2, 0.25) is 0 Å². The zero-order valence-corrected chi connectivity index (χ0v) is 11.8. The number of H-pyrrole nitrogens is 1. The van der Waals surface area contributed by atoms with E-state index in [0.29, 0.717) is 23.4 Å². The Bertz CT molecular complexity index is 1100. The van der Waals surface area contributed by atoms with Crippen molar-refractivity contribution < 1.29 is 9.05 Å². The van der Waals surface area contributed by atoms with Crippen LogP contribution in [0.4, 0.5) is 0 Å².